The lowest BCUT2D eigenvalue weighted by molar-refractivity contribution is -0.141. The van der Waals surface area contributed by atoms with Crippen molar-refractivity contribution in [2.24, 2.45) is 5.92 Å². The molecule has 1 atom stereocenters. The van der Waals surface area contributed by atoms with Gasteiger partial charge >= 0.3 is 0 Å². The van der Waals surface area contributed by atoms with Gasteiger partial charge in [0.25, 0.3) is 0 Å². The van der Waals surface area contributed by atoms with Crippen molar-refractivity contribution >= 4 is 17.5 Å². The first kappa shape index (κ1) is 16.5. The Kier molecular flexibility index (Phi) is 4.89. The SMILES string of the molecule is Cc1cccc(N2CCN(C(=O)CC(C)C)[C@H](C)C2=O)c1C. The Balaban J connectivity index is 2.19. The normalized spacial score (nSPS) is 19.0. The van der Waals surface area contributed by atoms with Crippen molar-refractivity contribution in [3.8, 4) is 0 Å². The largest absolute Gasteiger partial charge is 0.329 e. The third kappa shape index (κ3) is 3.16. The van der Waals surface area contributed by atoms with Crippen molar-refractivity contribution in [1.82, 2.24) is 4.90 Å². The second kappa shape index (κ2) is 6.51. The van der Waals surface area contributed by atoms with Gasteiger partial charge in [-0.3, -0.25) is 9.59 Å². The number of carbonyl (C=O) groups is 2. The topological polar surface area (TPSA) is 40.6 Å². The van der Waals surface area contributed by atoms with E-state index in [1.165, 1.54) is 5.56 Å². The summed E-state index contributed by atoms with van der Waals surface area (Å²) >= 11 is 0. The molecule has 2 amide bonds. The fourth-order valence-electron chi connectivity index (χ4n) is 2.94. The lowest BCUT2D eigenvalue weighted by atomic mass is 10.0. The summed E-state index contributed by atoms with van der Waals surface area (Å²) in [6, 6.07) is 5.62. The van der Waals surface area contributed by atoms with Crippen LogP contribution in [0.25, 0.3) is 0 Å². The maximum Gasteiger partial charge on any atom is 0.249 e. The molecule has 2 rings (SSSR count). The third-order valence-electron chi connectivity index (χ3n) is 4.43. The second-order valence-electron chi connectivity index (χ2n) is 6.57. The molecule has 1 aromatic rings. The van der Waals surface area contributed by atoms with E-state index < -0.39 is 0 Å². The predicted octanol–water partition coefficient (Wildman–Crippen LogP) is 2.91. The Morgan fingerprint density at radius 2 is 1.95 bits per heavy atom. The zero-order valence-electron chi connectivity index (χ0n) is 14.2. The van der Waals surface area contributed by atoms with E-state index in [0.717, 1.165) is 11.3 Å². The predicted molar refractivity (Wildman–Crippen MR) is 88.9 cm³/mol. The minimum Gasteiger partial charge on any atom is -0.329 e. The van der Waals surface area contributed by atoms with E-state index in [-0.39, 0.29) is 17.9 Å². The number of anilines is 1. The van der Waals surface area contributed by atoms with Crippen LogP contribution in [0.4, 0.5) is 5.69 Å². The van der Waals surface area contributed by atoms with E-state index in [4.69, 9.17) is 0 Å². The smallest absolute Gasteiger partial charge is 0.249 e. The lowest BCUT2D eigenvalue weighted by Gasteiger charge is -2.40. The number of aryl methyl sites for hydroxylation is 1. The average Bonchev–Trinajstić information content (AvgIpc) is 2.44. The molecular weight excluding hydrogens is 276 g/mol. The van der Waals surface area contributed by atoms with Gasteiger partial charge in [-0.25, -0.2) is 0 Å². The van der Waals surface area contributed by atoms with Gasteiger partial charge in [-0.1, -0.05) is 26.0 Å². The molecule has 0 radical (unpaired) electrons. The number of hydrogen-bond acceptors (Lipinski definition) is 2. The molecule has 120 valence electrons. The van der Waals surface area contributed by atoms with Gasteiger partial charge in [0.2, 0.25) is 11.8 Å². The van der Waals surface area contributed by atoms with E-state index in [0.29, 0.717) is 25.4 Å². The van der Waals surface area contributed by atoms with Crippen molar-refractivity contribution < 1.29 is 9.59 Å². The van der Waals surface area contributed by atoms with Crippen LogP contribution in [-0.4, -0.2) is 35.8 Å². The molecule has 0 aliphatic carbocycles. The summed E-state index contributed by atoms with van der Waals surface area (Å²) in [6.07, 6.45) is 0.501. The van der Waals surface area contributed by atoms with Crippen LogP contribution in [0, 0.1) is 19.8 Å². The first-order chi connectivity index (χ1) is 10.3. The summed E-state index contributed by atoms with van der Waals surface area (Å²) in [7, 11) is 0. The summed E-state index contributed by atoms with van der Waals surface area (Å²) in [6.45, 7) is 11.1. The van der Waals surface area contributed by atoms with Crippen molar-refractivity contribution in [2.75, 3.05) is 18.0 Å². The lowest BCUT2D eigenvalue weighted by Crippen LogP contribution is -2.58. The third-order valence-corrected chi connectivity index (χ3v) is 4.43. The number of rotatable bonds is 3. The van der Waals surface area contributed by atoms with Crippen molar-refractivity contribution in [1.29, 1.82) is 0 Å². The van der Waals surface area contributed by atoms with Crippen LogP contribution < -0.4 is 4.90 Å². The minimum absolute atomic E-state index is 0.0112. The molecule has 1 heterocycles. The van der Waals surface area contributed by atoms with Crippen molar-refractivity contribution in [3.05, 3.63) is 29.3 Å². The van der Waals surface area contributed by atoms with E-state index in [1.54, 1.807) is 4.90 Å². The molecule has 1 aliphatic rings. The summed E-state index contributed by atoms with van der Waals surface area (Å²) in [5.74, 6) is 0.403. The van der Waals surface area contributed by atoms with Gasteiger partial charge in [-0.05, 0) is 43.9 Å². The van der Waals surface area contributed by atoms with Crippen LogP contribution >= 0.6 is 0 Å². The van der Waals surface area contributed by atoms with E-state index in [2.05, 4.69) is 13.0 Å². The van der Waals surface area contributed by atoms with E-state index >= 15 is 0 Å². The number of carbonyl (C=O) groups excluding carboxylic acids is 2. The van der Waals surface area contributed by atoms with Crippen LogP contribution in [0.5, 0.6) is 0 Å². The molecule has 0 N–H and O–H groups in total. The van der Waals surface area contributed by atoms with Gasteiger partial charge in [-0.15, -0.1) is 0 Å². The average molecular weight is 302 g/mol. The molecule has 1 saturated heterocycles. The molecule has 4 nitrogen and oxygen atoms in total. The van der Waals surface area contributed by atoms with Crippen LogP contribution in [0.3, 0.4) is 0 Å². The summed E-state index contributed by atoms with van der Waals surface area (Å²) in [5.41, 5.74) is 3.27. The highest BCUT2D eigenvalue weighted by molar-refractivity contribution is 6.00. The Morgan fingerprint density at radius 1 is 1.27 bits per heavy atom. The molecule has 0 bridgehead atoms. The molecular formula is C18H26N2O2. The molecule has 0 unspecified atom stereocenters. The van der Waals surface area contributed by atoms with Gasteiger partial charge in [-0.2, -0.15) is 0 Å². The quantitative estimate of drug-likeness (QED) is 0.861. The van der Waals surface area contributed by atoms with Gasteiger partial charge in [0.15, 0.2) is 0 Å². The fraction of sp³-hybridized carbons (Fsp3) is 0.556. The molecule has 4 heteroatoms. The highest BCUT2D eigenvalue weighted by Gasteiger charge is 2.35. The standard InChI is InChI=1S/C18H26N2O2/c1-12(2)11-17(21)19-9-10-20(18(22)15(19)5)16-8-6-7-13(3)14(16)4/h6-8,12,15H,9-11H2,1-5H3/t15-/m1/s1. The van der Waals surface area contributed by atoms with Gasteiger partial charge in [0.05, 0.1) is 0 Å². The minimum atomic E-state index is -0.389. The fourth-order valence-corrected chi connectivity index (χ4v) is 2.94. The first-order valence-electron chi connectivity index (χ1n) is 8.00. The second-order valence-corrected chi connectivity index (χ2v) is 6.57. The maximum atomic E-state index is 12.7. The summed E-state index contributed by atoms with van der Waals surface area (Å²) in [4.78, 5) is 28.6. The molecule has 0 saturated carbocycles. The molecule has 0 aromatic heterocycles. The molecule has 1 aromatic carbocycles. The molecule has 1 aliphatic heterocycles. The monoisotopic (exact) mass is 302 g/mol. The first-order valence-corrected chi connectivity index (χ1v) is 8.00. The number of amides is 2. The number of hydrogen-bond donors (Lipinski definition) is 0. The summed E-state index contributed by atoms with van der Waals surface area (Å²) < 4.78 is 0. The number of nitrogens with zero attached hydrogens (tertiary/aromatic N) is 2. The maximum absolute atomic E-state index is 12.7. The Bertz CT molecular complexity index is 580. The van der Waals surface area contributed by atoms with Crippen molar-refractivity contribution in [3.63, 3.8) is 0 Å². The molecule has 0 spiro atoms. The molecule has 22 heavy (non-hydrogen) atoms. The van der Waals surface area contributed by atoms with Crippen LogP contribution in [-0.2, 0) is 9.59 Å². The Labute approximate surface area is 133 Å². The van der Waals surface area contributed by atoms with Crippen LogP contribution in [0.2, 0.25) is 0 Å². The van der Waals surface area contributed by atoms with Crippen LogP contribution in [0.15, 0.2) is 18.2 Å². The van der Waals surface area contributed by atoms with Crippen LogP contribution in [0.1, 0.15) is 38.3 Å². The zero-order valence-corrected chi connectivity index (χ0v) is 14.2. The Morgan fingerprint density at radius 3 is 2.59 bits per heavy atom. The van der Waals surface area contributed by atoms with Gasteiger partial charge in [0, 0.05) is 25.2 Å². The number of benzene rings is 1. The van der Waals surface area contributed by atoms with E-state index in [9.17, 15) is 9.59 Å². The van der Waals surface area contributed by atoms with Gasteiger partial charge in [0.1, 0.15) is 6.04 Å². The van der Waals surface area contributed by atoms with Gasteiger partial charge < -0.3 is 9.80 Å². The van der Waals surface area contributed by atoms with E-state index in [1.807, 2.05) is 44.7 Å². The Hall–Kier alpha value is -1.84. The van der Waals surface area contributed by atoms with Crippen molar-refractivity contribution in [2.45, 2.75) is 47.1 Å². The summed E-state index contributed by atoms with van der Waals surface area (Å²) in [5, 5.41) is 0. The molecule has 1 fully saturated rings. The highest BCUT2D eigenvalue weighted by atomic mass is 16.2. The zero-order chi connectivity index (χ0) is 16.4. The highest BCUT2D eigenvalue weighted by Crippen LogP contribution is 2.26. The number of piperazine rings is 1.